The van der Waals surface area contributed by atoms with Gasteiger partial charge < -0.3 is 4.90 Å². The minimum absolute atomic E-state index is 0.0727. The lowest BCUT2D eigenvalue weighted by atomic mass is 9.95. The summed E-state index contributed by atoms with van der Waals surface area (Å²) in [6.07, 6.45) is 2.18. The molecule has 0 bridgehead atoms. The molecule has 2 aromatic rings. The van der Waals surface area contributed by atoms with Crippen LogP contribution in [0.1, 0.15) is 31.5 Å². The van der Waals surface area contributed by atoms with E-state index in [4.69, 9.17) is 4.98 Å². The van der Waals surface area contributed by atoms with Crippen LogP contribution in [0.25, 0.3) is 10.9 Å². The van der Waals surface area contributed by atoms with Crippen LogP contribution in [0.5, 0.6) is 0 Å². The highest BCUT2D eigenvalue weighted by molar-refractivity contribution is 5.77. The molecule has 0 unspecified atom stereocenters. The topological polar surface area (TPSA) is 38.1 Å². The minimum Gasteiger partial charge on any atom is -0.304 e. The molecule has 0 aliphatic carbocycles. The van der Waals surface area contributed by atoms with Gasteiger partial charge in [0, 0.05) is 13.0 Å². The van der Waals surface area contributed by atoms with E-state index in [9.17, 15) is 4.79 Å². The fourth-order valence-corrected chi connectivity index (χ4v) is 3.11. The van der Waals surface area contributed by atoms with E-state index >= 15 is 0 Å². The third-order valence-corrected chi connectivity index (χ3v) is 4.42. The Morgan fingerprint density at radius 1 is 1.25 bits per heavy atom. The molecule has 0 amide bonds. The second-order valence-electron chi connectivity index (χ2n) is 5.56. The van der Waals surface area contributed by atoms with Crippen molar-refractivity contribution in [2.45, 2.75) is 25.7 Å². The predicted molar refractivity (Wildman–Crippen MR) is 81.1 cm³/mol. The van der Waals surface area contributed by atoms with Crippen molar-refractivity contribution in [1.82, 2.24) is 14.5 Å². The van der Waals surface area contributed by atoms with Crippen molar-refractivity contribution in [3.8, 4) is 0 Å². The minimum atomic E-state index is 0.0727. The molecule has 1 aliphatic heterocycles. The quantitative estimate of drug-likeness (QED) is 0.840. The van der Waals surface area contributed by atoms with E-state index < -0.39 is 0 Å². The van der Waals surface area contributed by atoms with Crippen LogP contribution >= 0.6 is 0 Å². The van der Waals surface area contributed by atoms with E-state index in [1.54, 1.807) is 4.57 Å². The molecule has 0 saturated carbocycles. The third-order valence-electron chi connectivity index (χ3n) is 4.42. The average molecular weight is 271 g/mol. The maximum Gasteiger partial charge on any atom is 0.261 e. The molecule has 1 saturated heterocycles. The first-order valence-corrected chi connectivity index (χ1v) is 7.38. The molecule has 0 spiro atoms. The molecular weight excluding hydrogens is 250 g/mol. The number of fused-ring (bicyclic) bond motifs is 1. The summed E-state index contributed by atoms with van der Waals surface area (Å²) in [5, 5.41) is 0.713. The Hall–Kier alpha value is -1.68. The highest BCUT2D eigenvalue weighted by Gasteiger charge is 2.23. The van der Waals surface area contributed by atoms with E-state index in [1.165, 1.54) is 0 Å². The maximum absolute atomic E-state index is 12.4. The monoisotopic (exact) mass is 271 g/mol. The van der Waals surface area contributed by atoms with Crippen LogP contribution in [0.15, 0.2) is 29.1 Å². The molecule has 4 heteroatoms. The number of piperidine rings is 1. The van der Waals surface area contributed by atoms with Gasteiger partial charge in [-0.25, -0.2) is 4.98 Å². The van der Waals surface area contributed by atoms with Crippen LogP contribution in [0, 0.1) is 0 Å². The first kappa shape index (κ1) is 13.3. The standard InChI is InChI=1S/C16H21N3O/c1-3-19-10-8-12(9-11-19)15-17-14-7-5-4-6-13(14)16(20)18(15)2/h4-7,12H,3,8-11H2,1-2H3. The number of para-hydroxylation sites is 1. The van der Waals surface area contributed by atoms with Gasteiger partial charge in [-0.3, -0.25) is 9.36 Å². The molecule has 1 aromatic carbocycles. The van der Waals surface area contributed by atoms with Crippen molar-refractivity contribution in [2.75, 3.05) is 19.6 Å². The summed E-state index contributed by atoms with van der Waals surface area (Å²) in [6.45, 7) is 5.51. The zero-order chi connectivity index (χ0) is 14.1. The zero-order valence-corrected chi connectivity index (χ0v) is 12.2. The summed E-state index contributed by atoms with van der Waals surface area (Å²) in [6, 6.07) is 7.62. The van der Waals surface area contributed by atoms with Gasteiger partial charge in [-0.2, -0.15) is 0 Å². The molecule has 0 N–H and O–H groups in total. The van der Waals surface area contributed by atoms with Gasteiger partial charge in [0.25, 0.3) is 5.56 Å². The van der Waals surface area contributed by atoms with E-state index in [0.717, 1.165) is 43.8 Å². The smallest absolute Gasteiger partial charge is 0.261 e. The number of rotatable bonds is 2. The van der Waals surface area contributed by atoms with Gasteiger partial charge in [0.2, 0.25) is 0 Å². The van der Waals surface area contributed by atoms with Crippen LogP contribution < -0.4 is 5.56 Å². The van der Waals surface area contributed by atoms with Crippen LogP contribution in [-0.4, -0.2) is 34.1 Å². The number of benzene rings is 1. The molecule has 1 aromatic heterocycles. The maximum atomic E-state index is 12.4. The fourth-order valence-electron chi connectivity index (χ4n) is 3.11. The average Bonchev–Trinajstić information content (AvgIpc) is 2.51. The Labute approximate surface area is 119 Å². The Morgan fingerprint density at radius 2 is 1.95 bits per heavy atom. The molecule has 106 valence electrons. The summed E-state index contributed by atoms with van der Waals surface area (Å²) < 4.78 is 1.74. The largest absolute Gasteiger partial charge is 0.304 e. The molecule has 0 radical (unpaired) electrons. The Bertz CT molecular complexity index is 669. The van der Waals surface area contributed by atoms with Gasteiger partial charge in [-0.05, 0) is 44.6 Å². The van der Waals surface area contributed by atoms with Gasteiger partial charge in [0.1, 0.15) is 5.82 Å². The van der Waals surface area contributed by atoms with Crippen molar-refractivity contribution in [2.24, 2.45) is 7.05 Å². The van der Waals surface area contributed by atoms with Gasteiger partial charge >= 0.3 is 0 Å². The van der Waals surface area contributed by atoms with Crippen molar-refractivity contribution in [1.29, 1.82) is 0 Å². The fraction of sp³-hybridized carbons (Fsp3) is 0.500. The van der Waals surface area contributed by atoms with Crippen molar-refractivity contribution in [3.63, 3.8) is 0 Å². The first-order chi connectivity index (χ1) is 9.70. The zero-order valence-electron chi connectivity index (χ0n) is 12.2. The third kappa shape index (κ3) is 2.24. The lowest BCUT2D eigenvalue weighted by Crippen LogP contribution is -2.35. The number of hydrogen-bond acceptors (Lipinski definition) is 3. The lowest BCUT2D eigenvalue weighted by Gasteiger charge is -2.31. The Balaban J connectivity index is 2.00. The summed E-state index contributed by atoms with van der Waals surface area (Å²) in [7, 11) is 1.85. The molecule has 2 heterocycles. The van der Waals surface area contributed by atoms with Crippen LogP contribution in [0.4, 0.5) is 0 Å². The van der Waals surface area contributed by atoms with Gasteiger partial charge in [-0.15, -0.1) is 0 Å². The summed E-state index contributed by atoms with van der Waals surface area (Å²) in [4.78, 5) is 19.6. The van der Waals surface area contributed by atoms with Gasteiger partial charge in [0.15, 0.2) is 0 Å². The number of nitrogens with zero attached hydrogens (tertiary/aromatic N) is 3. The second kappa shape index (κ2) is 5.37. The van der Waals surface area contributed by atoms with Crippen molar-refractivity contribution < 1.29 is 0 Å². The van der Waals surface area contributed by atoms with Crippen LogP contribution in [0.2, 0.25) is 0 Å². The predicted octanol–water partition coefficient (Wildman–Crippen LogP) is 2.13. The van der Waals surface area contributed by atoms with Crippen molar-refractivity contribution in [3.05, 3.63) is 40.4 Å². The molecule has 20 heavy (non-hydrogen) atoms. The highest BCUT2D eigenvalue weighted by atomic mass is 16.1. The van der Waals surface area contributed by atoms with Crippen LogP contribution in [0.3, 0.4) is 0 Å². The molecule has 3 rings (SSSR count). The summed E-state index contributed by atoms with van der Waals surface area (Å²) in [5.41, 5.74) is 0.895. The molecule has 0 atom stereocenters. The van der Waals surface area contributed by atoms with Gasteiger partial charge in [-0.1, -0.05) is 19.1 Å². The molecular formula is C16H21N3O. The summed E-state index contributed by atoms with van der Waals surface area (Å²) >= 11 is 0. The number of hydrogen-bond donors (Lipinski definition) is 0. The first-order valence-electron chi connectivity index (χ1n) is 7.38. The van der Waals surface area contributed by atoms with E-state index in [2.05, 4.69) is 11.8 Å². The highest BCUT2D eigenvalue weighted by Crippen LogP contribution is 2.26. The molecule has 1 aliphatic rings. The summed E-state index contributed by atoms with van der Waals surface area (Å²) in [5.74, 6) is 1.35. The van der Waals surface area contributed by atoms with E-state index in [1.807, 2.05) is 31.3 Å². The number of aromatic nitrogens is 2. The van der Waals surface area contributed by atoms with E-state index in [0.29, 0.717) is 11.3 Å². The van der Waals surface area contributed by atoms with E-state index in [-0.39, 0.29) is 5.56 Å². The Morgan fingerprint density at radius 3 is 2.65 bits per heavy atom. The Kier molecular flexibility index (Phi) is 3.57. The molecule has 1 fully saturated rings. The van der Waals surface area contributed by atoms with Crippen LogP contribution in [-0.2, 0) is 7.05 Å². The number of likely N-dealkylation sites (tertiary alicyclic amines) is 1. The van der Waals surface area contributed by atoms with Gasteiger partial charge in [0.05, 0.1) is 10.9 Å². The normalized spacial score (nSPS) is 17.7. The molecule has 4 nitrogen and oxygen atoms in total. The lowest BCUT2D eigenvalue weighted by molar-refractivity contribution is 0.217. The second-order valence-corrected chi connectivity index (χ2v) is 5.56. The SMILES string of the molecule is CCN1CCC(c2nc3ccccc3c(=O)n2C)CC1. The van der Waals surface area contributed by atoms with Crippen molar-refractivity contribution >= 4 is 10.9 Å².